The molecular formula is C20H22Cl2N4O. The fourth-order valence-corrected chi connectivity index (χ4v) is 3.85. The molecule has 142 valence electrons. The Morgan fingerprint density at radius 1 is 1.11 bits per heavy atom. The van der Waals surface area contributed by atoms with Gasteiger partial charge in [-0.05, 0) is 30.2 Å². The van der Waals surface area contributed by atoms with Crippen molar-refractivity contribution in [1.82, 2.24) is 15.0 Å². The van der Waals surface area contributed by atoms with Crippen LogP contribution >= 0.6 is 24.0 Å². The molecular weight excluding hydrogens is 383 g/mol. The van der Waals surface area contributed by atoms with E-state index >= 15 is 0 Å². The summed E-state index contributed by atoms with van der Waals surface area (Å²) in [7, 11) is 0. The Balaban J connectivity index is 0.00000210. The predicted molar refractivity (Wildman–Crippen MR) is 109 cm³/mol. The Hall–Kier alpha value is -1.92. The number of benzene rings is 2. The van der Waals surface area contributed by atoms with Gasteiger partial charge >= 0.3 is 0 Å². The normalized spacial score (nSPS) is 19.8. The molecule has 2 aromatic carbocycles. The fraction of sp³-hybridized carbons (Fsp3) is 0.300. The number of halogens is 2. The lowest BCUT2D eigenvalue weighted by atomic mass is 9.89. The summed E-state index contributed by atoms with van der Waals surface area (Å²) in [5.74, 6) is 2.06. The Kier molecular flexibility index (Phi) is 6.50. The minimum absolute atomic E-state index is 0. The second-order valence-corrected chi connectivity index (χ2v) is 7.17. The van der Waals surface area contributed by atoms with Crippen LogP contribution in [-0.4, -0.2) is 34.7 Å². The van der Waals surface area contributed by atoms with Crippen LogP contribution in [0.15, 0.2) is 59.1 Å². The largest absolute Gasteiger partial charge is 0.338 e. The van der Waals surface area contributed by atoms with Crippen molar-refractivity contribution in [1.29, 1.82) is 0 Å². The zero-order valence-corrected chi connectivity index (χ0v) is 16.4. The van der Waals surface area contributed by atoms with Gasteiger partial charge in [-0.25, -0.2) is 0 Å². The average Bonchev–Trinajstić information content (AvgIpc) is 3.30. The molecule has 0 radical (unpaired) electrons. The Labute approximate surface area is 169 Å². The first-order valence-electron chi connectivity index (χ1n) is 8.79. The van der Waals surface area contributed by atoms with Crippen LogP contribution in [0.3, 0.4) is 0 Å². The van der Waals surface area contributed by atoms with E-state index in [0.717, 1.165) is 18.7 Å². The molecule has 4 rings (SSSR count). The Morgan fingerprint density at radius 2 is 1.93 bits per heavy atom. The summed E-state index contributed by atoms with van der Waals surface area (Å²) < 4.78 is 5.45. The van der Waals surface area contributed by atoms with Crippen LogP contribution in [0.5, 0.6) is 0 Å². The van der Waals surface area contributed by atoms with Crippen LogP contribution < -0.4 is 5.73 Å². The second kappa shape index (κ2) is 8.85. The van der Waals surface area contributed by atoms with E-state index in [0.29, 0.717) is 41.7 Å². The number of nitrogens with zero attached hydrogens (tertiary/aromatic N) is 3. The van der Waals surface area contributed by atoms with Gasteiger partial charge in [-0.2, -0.15) is 4.98 Å². The fourth-order valence-electron chi connectivity index (χ4n) is 3.66. The zero-order valence-electron chi connectivity index (χ0n) is 14.8. The number of aromatic nitrogens is 2. The third-order valence-corrected chi connectivity index (χ3v) is 5.19. The molecule has 0 amide bonds. The van der Waals surface area contributed by atoms with E-state index in [9.17, 15) is 0 Å². The third kappa shape index (κ3) is 4.50. The van der Waals surface area contributed by atoms with Gasteiger partial charge in [-0.1, -0.05) is 59.2 Å². The maximum Gasteiger partial charge on any atom is 0.241 e. The van der Waals surface area contributed by atoms with Crippen LogP contribution in [0.2, 0.25) is 5.02 Å². The Morgan fingerprint density at radius 3 is 2.67 bits per heavy atom. The van der Waals surface area contributed by atoms with Gasteiger partial charge < -0.3 is 10.3 Å². The van der Waals surface area contributed by atoms with Crippen molar-refractivity contribution >= 4 is 24.0 Å². The quantitative estimate of drug-likeness (QED) is 0.695. The molecule has 1 saturated heterocycles. The Bertz CT molecular complexity index is 871. The van der Waals surface area contributed by atoms with E-state index in [-0.39, 0.29) is 12.4 Å². The predicted octanol–water partition coefficient (Wildman–Crippen LogP) is 3.99. The summed E-state index contributed by atoms with van der Waals surface area (Å²) in [4.78, 5) is 6.86. The molecule has 1 fully saturated rings. The highest BCUT2D eigenvalue weighted by Crippen LogP contribution is 2.32. The topological polar surface area (TPSA) is 68.2 Å². The van der Waals surface area contributed by atoms with Crippen LogP contribution in [-0.2, 0) is 6.54 Å². The van der Waals surface area contributed by atoms with E-state index < -0.39 is 0 Å². The number of rotatable bonds is 5. The van der Waals surface area contributed by atoms with E-state index in [2.05, 4.69) is 39.3 Å². The van der Waals surface area contributed by atoms with E-state index in [1.807, 2.05) is 30.3 Å². The van der Waals surface area contributed by atoms with Gasteiger partial charge in [0.1, 0.15) is 0 Å². The summed E-state index contributed by atoms with van der Waals surface area (Å²) in [6.45, 7) is 3.19. The van der Waals surface area contributed by atoms with Gasteiger partial charge in [0.2, 0.25) is 11.7 Å². The van der Waals surface area contributed by atoms with Crippen molar-refractivity contribution in [3.8, 4) is 11.4 Å². The summed E-state index contributed by atoms with van der Waals surface area (Å²) in [6.07, 6.45) is 0. The summed E-state index contributed by atoms with van der Waals surface area (Å²) in [6, 6.07) is 18.0. The average molecular weight is 405 g/mol. The highest BCUT2D eigenvalue weighted by molar-refractivity contribution is 6.30. The second-order valence-electron chi connectivity index (χ2n) is 6.73. The van der Waals surface area contributed by atoms with Crippen LogP contribution in [0.25, 0.3) is 11.4 Å². The molecule has 1 aromatic heterocycles. The van der Waals surface area contributed by atoms with Crippen LogP contribution in [0.4, 0.5) is 0 Å². The molecule has 0 aliphatic carbocycles. The third-order valence-electron chi connectivity index (χ3n) is 4.96. The minimum Gasteiger partial charge on any atom is -0.338 e. The minimum atomic E-state index is 0. The van der Waals surface area contributed by atoms with Crippen LogP contribution in [0, 0.1) is 5.92 Å². The monoisotopic (exact) mass is 404 g/mol. The van der Waals surface area contributed by atoms with E-state index in [1.165, 1.54) is 5.56 Å². The molecule has 1 aliphatic rings. The molecule has 0 unspecified atom stereocenters. The highest BCUT2D eigenvalue weighted by atomic mass is 35.5. The molecule has 5 nitrogen and oxygen atoms in total. The molecule has 2 atom stereocenters. The molecule has 7 heteroatoms. The molecule has 3 aromatic rings. The molecule has 0 bridgehead atoms. The molecule has 0 saturated carbocycles. The number of hydrogen-bond acceptors (Lipinski definition) is 5. The number of nitrogens with two attached hydrogens (primary N) is 1. The lowest BCUT2D eigenvalue weighted by Gasteiger charge is -2.16. The lowest BCUT2D eigenvalue weighted by Crippen LogP contribution is -2.23. The first-order valence-corrected chi connectivity index (χ1v) is 9.16. The van der Waals surface area contributed by atoms with E-state index in [4.69, 9.17) is 21.9 Å². The van der Waals surface area contributed by atoms with Gasteiger partial charge in [0.05, 0.1) is 6.54 Å². The summed E-state index contributed by atoms with van der Waals surface area (Å²) in [5, 5.41) is 4.75. The van der Waals surface area contributed by atoms with Gasteiger partial charge in [0, 0.05) is 29.6 Å². The molecule has 27 heavy (non-hydrogen) atoms. The molecule has 2 N–H and O–H groups in total. The van der Waals surface area contributed by atoms with Gasteiger partial charge in [-0.15, -0.1) is 12.4 Å². The van der Waals surface area contributed by atoms with Crippen molar-refractivity contribution in [2.45, 2.75) is 12.5 Å². The van der Waals surface area contributed by atoms with Gasteiger partial charge in [0.15, 0.2) is 0 Å². The lowest BCUT2D eigenvalue weighted by molar-refractivity contribution is 0.260. The molecule has 1 aliphatic heterocycles. The van der Waals surface area contributed by atoms with E-state index in [1.54, 1.807) is 0 Å². The summed E-state index contributed by atoms with van der Waals surface area (Å²) >= 11 is 6.04. The smallest absolute Gasteiger partial charge is 0.241 e. The standard InChI is InChI=1S/C20H21ClN4O.ClH/c21-17-8-4-7-15(9-17)20-23-19(26-24-20)13-25-11-16(10-22)18(12-25)14-5-2-1-3-6-14;/h1-9,16,18H,10-13,22H2;1H/t16-,18+;/m1./s1. The van der Waals surface area contributed by atoms with Crippen molar-refractivity contribution < 1.29 is 4.52 Å². The number of likely N-dealkylation sites (tertiary alicyclic amines) is 1. The van der Waals surface area contributed by atoms with Gasteiger partial charge in [-0.3, -0.25) is 4.90 Å². The molecule has 0 spiro atoms. The van der Waals surface area contributed by atoms with Gasteiger partial charge in [0.25, 0.3) is 0 Å². The maximum absolute atomic E-state index is 6.04. The first kappa shape index (κ1) is 19.8. The first-order chi connectivity index (χ1) is 12.7. The highest BCUT2D eigenvalue weighted by Gasteiger charge is 2.33. The van der Waals surface area contributed by atoms with Crippen molar-refractivity contribution in [3.05, 3.63) is 71.1 Å². The van der Waals surface area contributed by atoms with Crippen molar-refractivity contribution in [2.75, 3.05) is 19.6 Å². The van der Waals surface area contributed by atoms with Crippen molar-refractivity contribution in [2.24, 2.45) is 11.7 Å². The number of hydrogen-bond donors (Lipinski definition) is 1. The maximum atomic E-state index is 6.04. The summed E-state index contributed by atoms with van der Waals surface area (Å²) in [5.41, 5.74) is 8.22. The SMILES string of the molecule is Cl.NC[C@@H]1CN(Cc2nc(-c3cccc(Cl)c3)no2)C[C@H]1c1ccccc1. The van der Waals surface area contributed by atoms with Crippen LogP contribution in [0.1, 0.15) is 17.4 Å². The molecule has 2 heterocycles. The zero-order chi connectivity index (χ0) is 17.9. The van der Waals surface area contributed by atoms with Crippen molar-refractivity contribution in [3.63, 3.8) is 0 Å².